The van der Waals surface area contributed by atoms with Gasteiger partial charge in [-0.25, -0.2) is 0 Å². The number of thiophene rings is 1. The molecule has 0 aromatic carbocycles. The topological polar surface area (TPSA) is 26.0 Å². The Kier molecular flexibility index (Phi) is 2.60. The number of nitrogens with two attached hydrogens (primary N) is 1. The van der Waals surface area contributed by atoms with Gasteiger partial charge in [0.05, 0.1) is 0 Å². The molecule has 3 fully saturated rings. The van der Waals surface area contributed by atoms with Gasteiger partial charge in [0.1, 0.15) is 0 Å². The van der Waals surface area contributed by atoms with Crippen molar-refractivity contribution in [3.05, 3.63) is 22.4 Å². The van der Waals surface area contributed by atoms with Crippen LogP contribution in [0.2, 0.25) is 0 Å². The van der Waals surface area contributed by atoms with Crippen LogP contribution in [-0.2, 0) is 6.42 Å². The summed E-state index contributed by atoms with van der Waals surface area (Å²) < 4.78 is 0. The fourth-order valence-electron chi connectivity index (χ4n) is 5.41. The van der Waals surface area contributed by atoms with E-state index in [1.54, 1.807) is 0 Å². The minimum Gasteiger partial charge on any atom is -0.325 e. The number of hydrogen-bond acceptors (Lipinski definition) is 2. The van der Waals surface area contributed by atoms with E-state index in [0.29, 0.717) is 0 Å². The summed E-state index contributed by atoms with van der Waals surface area (Å²) in [6.07, 6.45) is 9.66. The summed E-state index contributed by atoms with van der Waals surface area (Å²) in [4.78, 5) is 1.52. The van der Waals surface area contributed by atoms with E-state index in [2.05, 4.69) is 17.5 Å². The predicted molar refractivity (Wildman–Crippen MR) is 76.6 cm³/mol. The molecule has 5 unspecified atom stereocenters. The van der Waals surface area contributed by atoms with E-state index in [-0.39, 0.29) is 5.54 Å². The molecular formula is C16H23NS. The maximum Gasteiger partial charge on any atom is 0.0191 e. The van der Waals surface area contributed by atoms with Crippen LogP contribution < -0.4 is 5.73 Å². The van der Waals surface area contributed by atoms with Crippen LogP contribution in [0.15, 0.2) is 17.5 Å². The molecule has 3 aliphatic rings. The fraction of sp³-hybridized carbons (Fsp3) is 0.750. The van der Waals surface area contributed by atoms with Gasteiger partial charge in [-0.3, -0.25) is 0 Å². The predicted octanol–water partition coefficient (Wildman–Crippen LogP) is 3.83. The Balaban J connectivity index is 1.48. The normalized spacial score (nSPS) is 45.6. The van der Waals surface area contributed by atoms with Gasteiger partial charge >= 0.3 is 0 Å². The Labute approximate surface area is 114 Å². The lowest BCUT2D eigenvalue weighted by molar-refractivity contribution is 0.148. The van der Waals surface area contributed by atoms with E-state index in [9.17, 15) is 0 Å². The summed E-state index contributed by atoms with van der Waals surface area (Å²) in [7, 11) is 0. The van der Waals surface area contributed by atoms with E-state index in [4.69, 9.17) is 5.73 Å². The van der Waals surface area contributed by atoms with Gasteiger partial charge in [-0.15, -0.1) is 11.3 Å². The van der Waals surface area contributed by atoms with Crippen LogP contribution in [0.3, 0.4) is 0 Å². The Morgan fingerprint density at radius 1 is 1.33 bits per heavy atom. The maximum absolute atomic E-state index is 6.82. The minimum atomic E-state index is 0.181. The highest BCUT2D eigenvalue weighted by Gasteiger charge is 2.58. The SMILES string of the molecule is NC1(CCc2cccs2)CC2CC1C1CCCC21. The van der Waals surface area contributed by atoms with Gasteiger partial charge < -0.3 is 5.73 Å². The van der Waals surface area contributed by atoms with E-state index in [1.165, 1.54) is 49.8 Å². The largest absolute Gasteiger partial charge is 0.325 e. The van der Waals surface area contributed by atoms with Crippen molar-refractivity contribution in [2.75, 3.05) is 0 Å². The minimum absolute atomic E-state index is 0.181. The number of aryl methyl sites for hydroxylation is 1. The van der Waals surface area contributed by atoms with Crippen molar-refractivity contribution in [2.24, 2.45) is 29.4 Å². The third-order valence-corrected chi connectivity index (χ3v) is 7.04. The molecule has 3 aliphatic carbocycles. The van der Waals surface area contributed by atoms with Crippen molar-refractivity contribution in [2.45, 2.75) is 50.5 Å². The van der Waals surface area contributed by atoms with Crippen LogP contribution in [-0.4, -0.2) is 5.54 Å². The number of hydrogen-bond donors (Lipinski definition) is 1. The second-order valence-corrected chi connectivity index (χ2v) is 7.91. The summed E-state index contributed by atoms with van der Waals surface area (Å²) >= 11 is 1.89. The highest BCUT2D eigenvalue weighted by Crippen LogP contribution is 2.62. The molecule has 1 nitrogen and oxygen atoms in total. The van der Waals surface area contributed by atoms with E-state index < -0.39 is 0 Å². The van der Waals surface area contributed by atoms with Crippen LogP contribution in [0.5, 0.6) is 0 Å². The molecule has 2 heteroatoms. The molecule has 2 bridgehead atoms. The van der Waals surface area contributed by atoms with Crippen LogP contribution in [0.25, 0.3) is 0 Å². The molecule has 2 N–H and O–H groups in total. The van der Waals surface area contributed by atoms with Crippen molar-refractivity contribution in [1.82, 2.24) is 0 Å². The summed E-state index contributed by atoms with van der Waals surface area (Å²) in [5.41, 5.74) is 7.00. The maximum atomic E-state index is 6.82. The smallest absolute Gasteiger partial charge is 0.0191 e. The molecule has 1 aromatic heterocycles. The lowest BCUT2D eigenvalue weighted by Crippen LogP contribution is -2.49. The number of fused-ring (bicyclic) bond motifs is 5. The van der Waals surface area contributed by atoms with Crippen molar-refractivity contribution in [1.29, 1.82) is 0 Å². The summed E-state index contributed by atoms with van der Waals surface area (Å²) in [5, 5.41) is 2.19. The zero-order valence-corrected chi connectivity index (χ0v) is 11.8. The fourth-order valence-corrected chi connectivity index (χ4v) is 6.12. The second kappa shape index (κ2) is 4.08. The van der Waals surface area contributed by atoms with Crippen LogP contribution in [0.1, 0.15) is 43.4 Å². The van der Waals surface area contributed by atoms with Gasteiger partial charge in [0.25, 0.3) is 0 Å². The van der Waals surface area contributed by atoms with Gasteiger partial charge in [0.15, 0.2) is 0 Å². The molecule has 4 rings (SSSR count). The molecular weight excluding hydrogens is 238 g/mol. The van der Waals surface area contributed by atoms with E-state index in [0.717, 1.165) is 23.7 Å². The molecule has 1 heterocycles. The van der Waals surface area contributed by atoms with Crippen LogP contribution in [0, 0.1) is 23.7 Å². The van der Waals surface area contributed by atoms with Gasteiger partial charge in [-0.2, -0.15) is 0 Å². The molecule has 0 saturated heterocycles. The van der Waals surface area contributed by atoms with Gasteiger partial charge in [-0.1, -0.05) is 12.5 Å². The lowest BCUT2D eigenvalue weighted by Gasteiger charge is -2.40. The average molecular weight is 261 g/mol. The highest BCUT2D eigenvalue weighted by molar-refractivity contribution is 7.09. The van der Waals surface area contributed by atoms with E-state index in [1.807, 2.05) is 11.3 Å². The van der Waals surface area contributed by atoms with E-state index >= 15 is 0 Å². The summed E-state index contributed by atoms with van der Waals surface area (Å²) in [6, 6.07) is 4.43. The average Bonchev–Trinajstić information content (AvgIpc) is 3.09. The summed E-state index contributed by atoms with van der Waals surface area (Å²) in [6.45, 7) is 0. The Morgan fingerprint density at radius 3 is 3.06 bits per heavy atom. The van der Waals surface area contributed by atoms with Crippen LogP contribution >= 0.6 is 11.3 Å². The standard InChI is InChI=1S/C16H23NS/c17-16(7-6-12-3-2-8-18-12)10-11-9-15(16)14-5-1-4-13(11)14/h2-3,8,11,13-15H,1,4-7,9-10,17H2. The third kappa shape index (κ3) is 1.61. The van der Waals surface area contributed by atoms with Gasteiger partial charge in [0.2, 0.25) is 0 Å². The molecule has 3 saturated carbocycles. The summed E-state index contributed by atoms with van der Waals surface area (Å²) in [5.74, 6) is 3.90. The first-order valence-corrected chi connectivity index (χ1v) is 8.45. The van der Waals surface area contributed by atoms with Crippen molar-refractivity contribution in [3.63, 3.8) is 0 Å². The Hall–Kier alpha value is -0.340. The Bertz CT molecular complexity index is 426. The molecule has 0 spiro atoms. The molecule has 1 aromatic rings. The zero-order chi connectivity index (χ0) is 12.2. The highest BCUT2D eigenvalue weighted by atomic mass is 32.1. The molecule has 0 aliphatic heterocycles. The second-order valence-electron chi connectivity index (χ2n) is 6.88. The zero-order valence-electron chi connectivity index (χ0n) is 11.0. The first-order chi connectivity index (χ1) is 8.76. The third-order valence-electron chi connectivity index (χ3n) is 6.10. The molecule has 5 atom stereocenters. The Morgan fingerprint density at radius 2 is 2.22 bits per heavy atom. The molecule has 18 heavy (non-hydrogen) atoms. The van der Waals surface area contributed by atoms with Crippen molar-refractivity contribution in [3.8, 4) is 0 Å². The van der Waals surface area contributed by atoms with Crippen LogP contribution in [0.4, 0.5) is 0 Å². The van der Waals surface area contributed by atoms with Gasteiger partial charge in [0, 0.05) is 10.4 Å². The van der Waals surface area contributed by atoms with Crippen molar-refractivity contribution < 1.29 is 0 Å². The van der Waals surface area contributed by atoms with Gasteiger partial charge in [-0.05, 0) is 73.6 Å². The first kappa shape index (κ1) is 11.5. The lowest BCUT2D eigenvalue weighted by atomic mass is 9.69. The molecule has 0 amide bonds. The number of rotatable bonds is 3. The first-order valence-electron chi connectivity index (χ1n) is 7.57. The molecule has 0 radical (unpaired) electrons. The monoisotopic (exact) mass is 261 g/mol. The molecule has 98 valence electrons. The van der Waals surface area contributed by atoms with Crippen molar-refractivity contribution >= 4 is 11.3 Å². The quantitative estimate of drug-likeness (QED) is 0.879.